The van der Waals surface area contributed by atoms with Gasteiger partial charge in [0.1, 0.15) is 43.1 Å². The molecule has 1 fully saturated rings. The molecule has 26 nitrogen and oxygen atoms in total. The largest absolute Gasteiger partial charge is 0.507 e. The topological polar surface area (TPSA) is 316 Å². The van der Waals surface area contributed by atoms with Crippen molar-refractivity contribution in [3.05, 3.63) is 255 Å². The lowest BCUT2D eigenvalue weighted by atomic mass is 9.84. The van der Waals surface area contributed by atoms with E-state index in [0.29, 0.717) is 85.9 Å². The van der Waals surface area contributed by atoms with Gasteiger partial charge >= 0.3 is 25.6 Å². The smallest absolute Gasteiger partial charge is 0.497 e. The zero-order valence-electron chi connectivity index (χ0n) is 62.4. The second-order valence-corrected chi connectivity index (χ2v) is 27.1. The van der Waals surface area contributed by atoms with Gasteiger partial charge in [-0.3, -0.25) is 38.2 Å². The number of aromatic amines is 1. The number of pyridine rings is 3. The number of halogens is 10. The van der Waals surface area contributed by atoms with Gasteiger partial charge in [-0.05, 0) is 145 Å². The van der Waals surface area contributed by atoms with Gasteiger partial charge in [-0.1, -0.05) is 82.7 Å². The van der Waals surface area contributed by atoms with Crippen LogP contribution < -0.4 is 46.8 Å². The Balaban J connectivity index is 0.000000147. The molecule has 0 saturated carbocycles. The third-order valence-corrected chi connectivity index (χ3v) is 18.8. The molecule has 604 valence electrons. The number of nitrogens with one attached hydrogen (secondary N) is 4. The first-order chi connectivity index (χ1) is 56.7. The molecule has 10 heterocycles. The van der Waals surface area contributed by atoms with Crippen molar-refractivity contribution in [3.63, 3.8) is 0 Å². The quantitative estimate of drug-likeness (QED) is 0.0324. The van der Waals surface area contributed by atoms with Gasteiger partial charge in [-0.25, -0.2) is 34.6 Å². The summed E-state index contributed by atoms with van der Waals surface area (Å²) in [4.78, 5) is 69.8. The number of H-pyrrole nitrogens is 1. The maximum atomic E-state index is 13.9. The molecule has 2 aliphatic rings. The van der Waals surface area contributed by atoms with Crippen molar-refractivity contribution >= 4 is 79.2 Å². The van der Waals surface area contributed by atoms with Crippen LogP contribution in [0.3, 0.4) is 0 Å². The first kappa shape index (κ1) is 82.6. The van der Waals surface area contributed by atoms with Gasteiger partial charge < -0.3 is 44.9 Å². The van der Waals surface area contributed by atoms with Gasteiger partial charge in [0.25, 0.3) is 16.7 Å². The van der Waals surface area contributed by atoms with Gasteiger partial charge in [0.15, 0.2) is 0 Å². The minimum Gasteiger partial charge on any atom is -0.497 e. The standard InChI is InChI=1S/C30H27F3N6O3.C25H19F3N6O2.C22H16BrF3N4O2.C4H6BNO2/c1-41-23-11-9-22(10-12-23)38-17-21-16-34-29(35-18-30(31,32)33)36-27(21)26(28(38)40)20-7-5-19(6-8-20)24-13-14-39(37-24)25-4-2-3-15-42-25;1-36-19-8-6-18(7-9-19)34-13-17-12-29-24(30-14-25(26,27)28)32-22(17)21(23(34)35)16-4-2-15(3-5-16)20-10-11-31-33-20;1-32-17-8-6-16(7-9-17)30-11-14-10-27-21(28-12-22(24,25)26)29-19(14)18(20(30)31)13-2-4-15(23)5-3-13;7-5(8)4-2-1-3-6-4/h5-14,16-17,25H,2-4,15,18H2,1H3,(H,35,36);2-13H,14H2,1H3,(H,30,32)(H,31,33);2-11H,12H2,1H3,(H,28,29);1-2,7-8H,3H2. The maximum absolute atomic E-state index is 13.9. The average Bonchev–Trinajstić information content (AvgIpc) is 1.02. The van der Waals surface area contributed by atoms with E-state index in [1.165, 1.54) is 32.3 Å². The van der Waals surface area contributed by atoms with Crippen LogP contribution in [0.1, 0.15) is 25.5 Å². The van der Waals surface area contributed by atoms with Gasteiger partial charge in [-0.15, -0.1) is 0 Å². The SMILES string of the molecule is COc1ccc(-n2cc3cnc(NCC(F)(F)F)nc3c(-c3ccc(-c4ccn(C5CCCCO5)n4)cc3)c2=O)cc1.COc1ccc(-n2cc3cnc(NCC(F)(F)F)nc3c(-c3ccc(-c4ccn[nH]4)cc3)c2=O)cc1.COc1ccc(-n2cc3cnc(NCC(F)(F)F)nc3c(-c3ccc(Br)cc3)c2=O)cc1.OB(O)C1=NCC=C1. The third kappa shape index (κ3) is 20.3. The summed E-state index contributed by atoms with van der Waals surface area (Å²) in [6.45, 7) is -2.59. The number of methoxy groups -OCH3 is 3. The minimum absolute atomic E-state index is 0.0845. The van der Waals surface area contributed by atoms with Crippen LogP contribution in [0.5, 0.6) is 17.2 Å². The van der Waals surface area contributed by atoms with Crippen molar-refractivity contribution in [2.45, 2.75) is 44.0 Å². The van der Waals surface area contributed by atoms with Crippen molar-refractivity contribution in [1.29, 1.82) is 0 Å². The van der Waals surface area contributed by atoms with Crippen molar-refractivity contribution in [3.8, 4) is 90.2 Å². The zero-order chi connectivity index (χ0) is 83.4. The minimum atomic E-state index is -4.45. The summed E-state index contributed by atoms with van der Waals surface area (Å²) in [6, 6.07) is 46.0. The fourth-order valence-corrected chi connectivity index (χ4v) is 12.8. The monoisotopic (exact) mass is 1680 g/mol. The molecular formula is C81H68BBrF9N17O9. The molecule has 8 aromatic heterocycles. The first-order valence-electron chi connectivity index (χ1n) is 36.0. The van der Waals surface area contributed by atoms with Crippen LogP contribution >= 0.6 is 15.9 Å². The Hall–Kier alpha value is -13.4. The van der Waals surface area contributed by atoms with Gasteiger partial charge in [0.05, 0.1) is 78.1 Å². The number of fused-ring (bicyclic) bond motifs is 3. The van der Waals surface area contributed by atoms with E-state index < -0.39 is 45.3 Å². The number of hydrogen-bond acceptors (Lipinski definition) is 21. The lowest BCUT2D eigenvalue weighted by Crippen LogP contribution is -2.23. The normalized spacial score (nSPS) is 13.3. The number of anilines is 3. The van der Waals surface area contributed by atoms with Crippen LogP contribution in [0.15, 0.2) is 243 Å². The number of alkyl halides is 9. The molecule has 0 aliphatic carbocycles. The molecule has 1 saturated heterocycles. The van der Waals surface area contributed by atoms with Gasteiger partial charge in [-0.2, -0.15) is 49.7 Å². The molecule has 14 aromatic rings. The number of allylic oxidation sites excluding steroid dienone is 1. The average molecular weight is 1690 g/mol. The van der Waals surface area contributed by atoms with E-state index in [1.54, 1.807) is 180 Å². The molecular weight excluding hydrogens is 1620 g/mol. The van der Waals surface area contributed by atoms with E-state index in [1.807, 2.05) is 47.3 Å². The first-order valence-corrected chi connectivity index (χ1v) is 36.8. The second kappa shape index (κ2) is 36.2. The van der Waals surface area contributed by atoms with E-state index in [9.17, 15) is 53.9 Å². The van der Waals surface area contributed by atoms with Crippen LogP contribution in [-0.2, 0) is 4.74 Å². The number of aliphatic imine (C=N–C) groups is 1. The highest BCUT2D eigenvalue weighted by molar-refractivity contribution is 9.10. The van der Waals surface area contributed by atoms with Crippen LogP contribution in [0.25, 0.3) is 106 Å². The second-order valence-electron chi connectivity index (χ2n) is 26.2. The zero-order valence-corrected chi connectivity index (χ0v) is 64.0. The molecule has 16 rings (SSSR count). The number of nitrogens with zero attached hydrogens (tertiary/aromatic N) is 13. The highest BCUT2D eigenvalue weighted by atomic mass is 79.9. The predicted octanol–water partition coefficient (Wildman–Crippen LogP) is 15.0. The van der Waals surface area contributed by atoms with Crippen LogP contribution in [0.2, 0.25) is 0 Å². The molecule has 2 aliphatic heterocycles. The van der Waals surface area contributed by atoms with E-state index in [0.717, 1.165) is 46.2 Å². The molecule has 0 bridgehead atoms. The fourth-order valence-electron chi connectivity index (χ4n) is 12.5. The third-order valence-electron chi connectivity index (χ3n) is 18.2. The molecule has 0 radical (unpaired) electrons. The van der Waals surface area contributed by atoms with E-state index in [-0.39, 0.29) is 74.0 Å². The summed E-state index contributed by atoms with van der Waals surface area (Å²) in [5, 5.41) is 36.4. The number of rotatable bonds is 19. The Labute approximate surface area is 672 Å². The summed E-state index contributed by atoms with van der Waals surface area (Å²) in [5.41, 5.74) is 7.32. The van der Waals surface area contributed by atoms with E-state index in [2.05, 4.69) is 82.1 Å². The fraction of sp³-hybridized carbons (Fsp3) is 0.185. The van der Waals surface area contributed by atoms with Crippen LogP contribution in [0, 0.1) is 0 Å². The Bertz CT molecular complexity index is 6110. The lowest BCUT2D eigenvalue weighted by Gasteiger charge is -2.22. The number of ether oxygens (including phenoxy) is 4. The predicted molar refractivity (Wildman–Crippen MR) is 432 cm³/mol. The summed E-state index contributed by atoms with van der Waals surface area (Å²) >= 11 is 3.36. The van der Waals surface area contributed by atoms with Crippen molar-refractivity contribution in [2.24, 2.45) is 4.99 Å². The molecule has 1 unspecified atom stereocenters. The number of benzene rings is 6. The Kier molecular flexibility index (Phi) is 25.3. The van der Waals surface area contributed by atoms with Crippen molar-refractivity contribution in [2.75, 3.05) is 70.1 Å². The molecule has 0 amide bonds. The summed E-state index contributed by atoms with van der Waals surface area (Å²) < 4.78 is 143. The molecule has 37 heteroatoms. The van der Waals surface area contributed by atoms with E-state index >= 15 is 0 Å². The molecule has 6 N–H and O–H groups in total. The molecule has 118 heavy (non-hydrogen) atoms. The summed E-state index contributed by atoms with van der Waals surface area (Å²) in [5.74, 6) is 1.23. The Morgan fingerprint density at radius 2 is 0.907 bits per heavy atom. The van der Waals surface area contributed by atoms with E-state index in [4.69, 9.17) is 29.0 Å². The maximum Gasteiger partial charge on any atom is 0.507 e. The summed E-state index contributed by atoms with van der Waals surface area (Å²) in [7, 11) is 3.25. The number of aromatic nitrogens is 13. The Morgan fingerprint density at radius 3 is 1.24 bits per heavy atom. The Morgan fingerprint density at radius 1 is 0.517 bits per heavy atom. The highest BCUT2D eigenvalue weighted by Crippen LogP contribution is 2.34. The van der Waals surface area contributed by atoms with Crippen LogP contribution in [0.4, 0.5) is 57.4 Å². The van der Waals surface area contributed by atoms with Gasteiger partial charge in [0.2, 0.25) is 17.8 Å². The summed E-state index contributed by atoms with van der Waals surface area (Å²) in [6.07, 6.45) is 5.42. The number of hydrogen-bond donors (Lipinski definition) is 6. The molecule has 0 spiro atoms. The van der Waals surface area contributed by atoms with Crippen molar-refractivity contribution < 1.29 is 68.5 Å². The van der Waals surface area contributed by atoms with Crippen molar-refractivity contribution in [1.82, 2.24) is 63.6 Å². The highest BCUT2D eigenvalue weighted by Gasteiger charge is 2.31. The van der Waals surface area contributed by atoms with Crippen LogP contribution in [-0.4, -0.2) is 159 Å². The molecule has 1 atom stereocenters. The molecule has 6 aromatic carbocycles. The lowest BCUT2D eigenvalue weighted by molar-refractivity contribution is -0.116. The van der Waals surface area contributed by atoms with Gasteiger partial charge in [0, 0.05) is 99.4 Å².